The fourth-order valence-electron chi connectivity index (χ4n) is 3.18. The Labute approximate surface area is 101 Å². The Morgan fingerprint density at radius 3 is 3.24 bits per heavy atom. The topological polar surface area (TPSA) is 62.4 Å². The van der Waals surface area contributed by atoms with Crippen LogP contribution in [0.2, 0.25) is 0 Å². The summed E-state index contributed by atoms with van der Waals surface area (Å²) in [5.41, 5.74) is 7.08. The van der Waals surface area contributed by atoms with Gasteiger partial charge >= 0.3 is 0 Å². The smallest absolute Gasteiger partial charge is 0.0742 e. The average molecular weight is 233 g/mol. The highest BCUT2D eigenvalue weighted by Crippen LogP contribution is 2.38. The van der Waals surface area contributed by atoms with Crippen molar-refractivity contribution in [3.05, 3.63) is 24.0 Å². The minimum Gasteiger partial charge on any atom is -0.398 e. The molecule has 3 rings (SSSR count). The number of rotatable bonds is 2. The predicted molar refractivity (Wildman–Crippen MR) is 66.5 cm³/mol. The van der Waals surface area contributed by atoms with Crippen molar-refractivity contribution < 1.29 is 5.11 Å². The van der Waals surface area contributed by atoms with Crippen LogP contribution in [0.3, 0.4) is 0 Å². The van der Waals surface area contributed by atoms with Gasteiger partial charge in [-0.05, 0) is 31.0 Å². The SMILES string of the molecule is Nc1ccncc1CC1(O)CCN2CCC1C2. The molecule has 0 spiro atoms. The lowest BCUT2D eigenvalue weighted by Crippen LogP contribution is -2.47. The molecule has 0 amide bonds. The lowest BCUT2D eigenvalue weighted by atomic mass is 9.78. The normalized spacial score (nSPS) is 36.1. The summed E-state index contributed by atoms with van der Waals surface area (Å²) < 4.78 is 0. The van der Waals surface area contributed by atoms with E-state index >= 15 is 0 Å². The van der Waals surface area contributed by atoms with Gasteiger partial charge in [-0.15, -0.1) is 0 Å². The highest BCUT2D eigenvalue weighted by molar-refractivity contribution is 5.45. The van der Waals surface area contributed by atoms with Crippen LogP contribution in [0.15, 0.2) is 18.5 Å². The number of aromatic nitrogens is 1. The zero-order valence-corrected chi connectivity index (χ0v) is 9.97. The molecule has 92 valence electrons. The van der Waals surface area contributed by atoms with Crippen molar-refractivity contribution in [3.8, 4) is 0 Å². The average Bonchev–Trinajstić information content (AvgIpc) is 2.74. The van der Waals surface area contributed by atoms with Gasteiger partial charge in [0, 0.05) is 43.5 Å². The van der Waals surface area contributed by atoms with Gasteiger partial charge in [-0.3, -0.25) is 4.98 Å². The third-order valence-electron chi connectivity index (χ3n) is 4.33. The van der Waals surface area contributed by atoms with Crippen LogP contribution in [0.25, 0.3) is 0 Å². The molecule has 2 saturated heterocycles. The van der Waals surface area contributed by atoms with Crippen LogP contribution in [0.5, 0.6) is 0 Å². The van der Waals surface area contributed by atoms with Gasteiger partial charge in [-0.25, -0.2) is 0 Å². The third kappa shape index (κ3) is 1.91. The van der Waals surface area contributed by atoms with E-state index in [0.717, 1.165) is 43.7 Å². The first-order valence-corrected chi connectivity index (χ1v) is 6.30. The summed E-state index contributed by atoms with van der Waals surface area (Å²) in [6.45, 7) is 3.18. The maximum Gasteiger partial charge on any atom is 0.0742 e. The largest absolute Gasteiger partial charge is 0.398 e. The molecule has 2 aliphatic heterocycles. The molecule has 0 aliphatic carbocycles. The summed E-state index contributed by atoms with van der Waals surface area (Å²) in [6, 6.07) is 1.81. The Morgan fingerprint density at radius 2 is 2.41 bits per heavy atom. The van der Waals surface area contributed by atoms with Gasteiger partial charge in [0.05, 0.1) is 5.60 Å². The van der Waals surface area contributed by atoms with E-state index in [2.05, 4.69) is 9.88 Å². The van der Waals surface area contributed by atoms with E-state index in [1.807, 2.05) is 6.07 Å². The van der Waals surface area contributed by atoms with E-state index in [1.54, 1.807) is 12.4 Å². The Hall–Kier alpha value is -1.13. The second kappa shape index (κ2) is 3.96. The maximum absolute atomic E-state index is 10.8. The lowest BCUT2D eigenvalue weighted by Gasteiger charge is -2.39. The highest BCUT2D eigenvalue weighted by atomic mass is 16.3. The van der Waals surface area contributed by atoms with Gasteiger partial charge in [0.2, 0.25) is 0 Å². The fraction of sp³-hybridized carbons (Fsp3) is 0.615. The first kappa shape index (κ1) is 11.0. The van der Waals surface area contributed by atoms with Crippen LogP contribution in [0.1, 0.15) is 18.4 Å². The molecule has 3 N–H and O–H groups in total. The summed E-state index contributed by atoms with van der Waals surface area (Å²) in [5.74, 6) is 0.399. The number of nitrogens with two attached hydrogens (primary N) is 1. The van der Waals surface area contributed by atoms with Crippen molar-refractivity contribution in [2.24, 2.45) is 5.92 Å². The highest BCUT2D eigenvalue weighted by Gasteiger charge is 2.44. The van der Waals surface area contributed by atoms with E-state index in [1.165, 1.54) is 0 Å². The Balaban J connectivity index is 1.82. The molecular weight excluding hydrogens is 214 g/mol. The molecule has 4 nitrogen and oxygen atoms in total. The van der Waals surface area contributed by atoms with Crippen LogP contribution in [0.4, 0.5) is 5.69 Å². The van der Waals surface area contributed by atoms with Crippen LogP contribution < -0.4 is 5.73 Å². The molecule has 0 radical (unpaired) electrons. The number of hydrogen-bond acceptors (Lipinski definition) is 4. The molecule has 2 bridgehead atoms. The van der Waals surface area contributed by atoms with Gasteiger partial charge in [-0.1, -0.05) is 0 Å². The van der Waals surface area contributed by atoms with Crippen LogP contribution in [-0.2, 0) is 6.42 Å². The first-order valence-electron chi connectivity index (χ1n) is 6.30. The maximum atomic E-state index is 10.8. The zero-order valence-electron chi connectivity index (χ0n) is 9.97. The molecule has 1 aromatic heterocycles. The minimum absolute atomic E-state index is 0.399. The Bertz CT molecular complexity index is 423. The molecule has 4 heteroatoms. The molecule has 3 atom stereocenters. The minimum atomic E-state index is -0.579. The standard InChI is InChI=1S/C13H19N3O/c14-12-1-4-15-8-10(12)7-13(17)3-6-16-5-2-11(13)9-16/h1,4,8,11,17H,2-3,5-7,9H2,(H2,14,15). The van der Waals surface area contributed by atoms with Crippen molar-refractivity contribution in [2.75, 3.05) is 25.4 Å². The third-order valence-corrected chi connectivity index (χ3v) is 4.33. The zero-order chi connectivity index (χ0) is 11.9. The number of fused-ring (bicyclic) bond motifs is 2. The molecule has 2 aliphatic rings. The number of anilines is 1. The molecule has 17 heavy (non-hydrogen) atoms. The number of piperidine rings is 1. The summed E-state index contributed by atoms with van der Waals surface area (Å²) in [5, 5.41) is 10.8. The second-order valence-corrected chi connectivity index (χ2v) is 5.39. The molecule has 0 aromatic carbocycles. The molecule has 2 fully saturated rings. The fourth-order valence-corrected chi connectivity index (χ4v) is 3.18. The van der Waals surface area contributed by atoms with Crippen molar-refractivity contribution in [1.29, 1.82) is 0 Å². The van der Waals surface area contributed by atoms with Crippen molar-refractivity contribution in [1.82, 2.24) is 9.88 Å². The van der Waals surface area contributed by atoms with Gasteiger partial charge < -0.3 is 15.7 Å². The number of aliphatic hydroxyl groups is 1. The summed E-state index contributed by atoms with van der Waals surface area (Å²) in [6.07, 6.45) is 6.09. The monoisotopic (exact) mass is 233 g/mol. The molecule has 0 saturated carbocycles. The first-order chi connectivity index (χ1) is 8.17. The Morgan fingerprint density at radius 1 is 1.53 bits per heavy atom. The number of pyridine rings is 1. The van der Waals surface area contributed by atoms with Crippen LogP contribution >= 0.6 is 0 Å². The molecule has 3 unspecified atom stereocenters. The van der Waals surface area contributed by atoms with Gasteiger partial charge in [0.25, 0.3) is 0 Å². The number of nitrogen functional groups attached to an aromatic ring is 1. The van der Waals surface area contributed by atoms with E-state index in [0.29, 0.717) is 12.3 Å². The predicted octanol–water partition coefficient (Wildman–Crippen LogP) is 0.663. The quantitative estimate of drug-likeness (QED) is 0.788. The summed E-state index contributed by atoms with van der Waals surface area (Å²) in [7, 11) is 0. The second-order valence-electron chi connectivity index (χ2n) is 5.39. The lowest BCUT2D eigenvalue weighted by molar-refractivity contribution is -0.0438. The molecule has 1 aromatic rings. The Kier molecular flexibility index (Phi) is 2.56. The molecule has 3 heterocycles. The van der Waals surface area contributed by atoms with E-state index in [-0.39, 0.29) is 0 Å². The van der Waals surface area contributed by atoms with E-state index in [9.17, 15) is 5.11 Å². The number of nitrogens with zero attached hydrogens (tertiary/aromatic N) is 2. The summed E-state index contributed by atoms with van der Waals surface area (Å²) >= 11 is 0. The van der Waals surface area contributed by atoms with Gasteiger partial charge in [0.15, 0.2) is 0 Å². The summed E-state index contributed by atoms with van der Waals surface area (Å²) in [4.78, 5) is 6.54. The van der Waals surface area contributed by atoms with E-state index < -0.39 is 5.60 Å². The van der Waals surface area contributed by atoms with Crippen molar-refractivity contribution in [2.45, 2.75) is 24.9 Å². The number of hydrogen-bond donors (Lipinski definition) is 2. The molecular formula is C13H19N3O. The van der Waals surface area contributed by atoms with Gasteiger partial charge in [0.1, 0.15) is 0 Å². The van der Waals surface area contributed by atoms with Crippen molar-refractivity contribution >= 4 is 5.69 Å². The van der Waals surface area contributed by atoms with Crippen molar-refractivity contribution in [3.63, 3.8) is 0 Å². The van der Waals surface area contributed by atoms with Gasteiger partial charge in [-0.2, -0.15) is 0 Å². The van der Waals surface area contributed by atoms with Crippen LogP contribution in [-0.4, -0.2) is 40.2 Å². The van der Waals surface area contributed by atoms with Crippen LogP contribution in [0, 0.1) is 5.92 Å². The van der Waals surface area contributed by atoms with E-state index in [4.69, 9.17) is 5.73 Å².